The van der Waals surface area contributed by atoms with Crippen molar-refractivity contribution in [3.05, 3.63) is 64.4 Å². The minimum Gasteiger partial charge on any atom is -0.337 e. The van der Waals surface area contributed by atoms with Crippen molar-refractivity contribution in [1.29, 1.82) is 0 Å². The number of carbonyl (C=O) groups excluding carboxylic acids is 1. The van der Waals surface area contributed by atoms with Gasteiger partial charge in [-0.25, -0.2) is 13.8 Å². The van der Waals surface area contributed by atoms with E-state index in [-0.39, 0.29) is 28.7 Å². The molecule has 0 radical (unpaired) electrons. The molecule has 1 aromatic heterocycles. The first kappa shape index (κ1) is 14.4. The molecule has 0 unspecified atom stereocenters. The zero-order chi connectivity index (χ0) is 14.7. The number of hydrogen-bond donors (Lipinski definition) is 0. The highest BCUT2D eigenvalue weighted by Gasteiger charge is 2.17. The van der Waals surface area contributed by atoms with Crippen LogP contribution >= 0.6 is 11.6 Å². The average molecular weight is 297 g/mol. The summed E-state index contributed by atoms with van der Waals surface area (Å²) in [4.78, 5) is 17.3. The van der Waals surface area contributed by atoms with Gasteiger partial charge >= 0.3 is 0 Å². The number of rotatable bonds is 3. The second-order valence-corrected chi connectivity index (χ2v) is 4.60. The van der Waals surface area contributed by atoms with Gasteiger partial charge in [0.05, 0.1) is 5.56 Å². The summed E-state index contributed by atoms with van der Waals surface area (Å²) < 4.78 is 26.4. The molecule has 0 aliphatic heterocycles. The molecule has 0 aliphatic carbocycles. The van der Waals surface area contributed by atoms with E-state index in [4.69, 9.17) is 11.6 Å². The van der Waals surface area contributed by atoms with Gasteiger partial charge in [-0.2, -0.15) is 0 Å². The summed E-state index contributed by atoms with van der Waals surface area (Å²) in [7, 11) is 1.51. The summed E-state index contributed by atoms with van der Waals surface area (Å²) in [6.45, 7) is 0.0101. The van der Waals surface area contributed by atoms with Gasteiger partial charge in [-0.3, -0.25) is 4.79 Å². The van der Waals surface area contributed by atoms with E-state index in [1.807, 2.05) is 0 Å². The van der Waals surface area contributed by atoms with Crippen molar-refractivity contribution in [2.75, 3.05) is 7.05 Å². The number of pyridine rings is 1. The maximum Gasteiger partial charge on any atom is 0.257 e. The Morgan fingerprint density at radius 1 is 1.35 bits per heavy atom. The van der Waals surface area contributed by atoms with E-state index in [2.05, 4.69) is 4.98 Å². The fraction of sp³-hybridized carbons (Fsp3) is 0.143. The molecule has 0 atom stereocenters. The average Bonchev–Trinajstić information content (AvgIpc) is 2.41. The Bertz CT molecular complexity index is 649. The summed E-state index contributed by atoms with van der Waals surface area (Å²) >= 11 is 5.84. The molecule has 20 heavy (non-hydrogen) atoms. The first-order valence-electron chi connectivity index (χ1n) is 5.79. The molecule has 0 N–H and O–H groups in total. The lowest BCUT2D eigenvalue weighted by Gasteiger charge is -2.18. The summed E-state index contributed by atoms with van der Waals surface area (Å²) in [5.41, 5.74) is 0.460. The molecule has 0 spiro atoms. The van der Waals surface area contributed by atoms with Gasteiger partial charge in [-0.15, -0.1) is 0 Å². The van der Waals surface area contributed by atoms with Crippen LogP contribution in [0.5, 0.6) is 0 Å². The van der Waals surface area contributed by atoms with Crippen LogP contribution in [0.3, 0.4) is 0 Å². The van der Waals surface area contributed by atoms with Crippen molar-refractivity contribution in [2.24, 2.45) is 0 Å². The molecule has 2 rings (SSSR count). The molecule has 0 bridgehead atoms. The monoisotopic (exact) mass is 296 g/mol. The highest BCUT2D eigenvalue weighted by molar-refractivity contribution is 6.32. The maximum absolute atomic E-state index is 13.5. The SMILES string of the molecule is CN(Cc1ccc(F)cc1F)C(=O)c1cccnc1Cl. The molecule has 6 heteroatoms. The second-order valence-electron chi connectivity index (χ2n) is 4.24. The zero-order valence-electron chi connectivity index (χ0n) is 10.6. The van der Waals surface area contributed by atoms with Gasteiger partial charge in [-0.1, -0.05) is 17.7 Å². The van der Waals surface area contributed by atoms with Gasteiger partial charge in [0.25, 0.3) is 5.91 Å². The van der Waals surface area contributed by atoms with Crippen molar-refractivity contribution in [2.45, 2.75) is 6.54 Å². The van der Waals surface area contributed by atoms with Crippen LogP contribution in [-0.2, 0) is 6.54 Å². The second kappa shape index (κ2) is 5.96. The van der Waals surface area contributed by atoms with Crippen LogP contribution in [0.2, 0.25) is 5.15 Å². The first-order valence-corrected chi connectivity index (χ1v) is 6.16. The molecule has 1 aromatic carbocycles. The Labute approximate surface area is 119 Å². The van der Waals surface area contributed by atoms with E-state index in [1.165, 1.54) is 30.3 Å². The van der Waals surface area contributed by atoms with Gasteiger partial charge in [0.15, 0.2) is 0 Å². The molecule has 0 fully saturated rings. The fourth-order valence-electron chi connectivity index (χ4n) is 1.73. The van der Waals surface area contributed by atoms with E-state index in [1.54, 1.807) is 6.07 Å². The molecule has 1 heterocycles. The number of nitrogens with zero attached hydrogens (tertiary/aromatic N) is 2. The van der Waals surface area contributed by atoms with Crippen molar-refractivity contribution in [1.82, 2.24) is 9.88 Å². The summed E-state index contributed by atoms with van der Waals surface area (Å²) in [5, 5.41) is 0.0870. The number of carbonyl (C=O) groups is 1. The highest BCUT2D eigenvalue weighted by Crippen LogP contribution is 2.16. The number of amides is 1. The van der Waals surface area contributed by atoms with Gasteiger partial charge in [0.2, 0.25) is 0 Å². The predicted molar refractivity (Wildman–Crippen MR) is 71.4 cm³/mol. The van der Waals surface area contributed by atoms with Crippen molar-refractivity contribution in [3.63, 3.8) is 0 Å². The Balaban J connectivity index is 2.18. The molecule has 0 saturated carbocycles. The first-order chi connectivity index (χ1) is 9.49. The zero-order valence-corrected chi connectivity index (χ0v) is 11.4. The lowest BCUT2D eigenvalue weighted by Crippen LogP contribution is -2.27. The van der Waals surface area contributed by atoms with Gasteiger partial charge in [-0.05, 0) is 18.2 Å². The number of benzene rings is 1. The standard InChI is InChI=1S/C14H11ClF2N2O/c1-19(8-9-4-5-10(16)7-12(9)17)14(20)11-3-2-6-18-13(11)15/h2-7H,8H2,1H3. The van der Waals surface area contributed by atoms with Crippen LogP contribution in [0.1, 0.15) is 15.9 Å². The molecular formula is C14H11ClF2N2O. The lowest BCUT2D eigenvalue weighted by atomic mass is 10.2. The minimum absolute atomic E-state index is 0.0101. The van der Waals surface area contributed by atoms with Crippen molar-refractivity contribution in [3.8, 4) is 0 Å². The molecule has 2 aromatic rings. The third-order valence-corrected chi connectivity index (χ3v) is 3.06. The Hall–Kier alpha value is -2.01. The molecule has 0 saturated heterocycles. The Morgan fingerprint density at radius 3 is 2.75 bits per heavy atom. The van der Waals surface area contributed by atoms with Crippen LogP contribution in [0.25, 0.3) is 0 Å². The van der Waals surface area contributed by atoms with Crippen molar-refractivity contribution < 1.29 is 13.6 Å². The minimum atomic E-state index is -0.693. The van der Waals surface area contributed by atoms with Gasteiger partial charge in [0.1, 0.15) is 16.8 Å². The van der Waals surface area contributed by atoms with Crippen LogP contribution in [0, 0.1) is 11.6 Å². The third kappa shape index (κ3) is 3.11. The largest absolute Gasteiger partial charge is 0.337 e. The maximum atomic E-state index is 13.5. The topological polar surface area (TPSA) is 33.2 Å². The van der Waals surface area contributed by atoms with E-state index in [0.717, 1.165) is 12.1 Å². The quantitative estimate of drug-likeness (QED) is 0.814. The van der Waals surface area contributed by atoms with Gasteiger partial charge in [0, 0.05) is 31.4 Å². The number of aromatic nitrogens is 1. The van der Waals surface area contributed by atoms with Crippen LogP contribution in [-0.4, -0.2) is 22.8 Å². The molecule has 0 aliphatic rings. The highest BCUT2D eigenvalue weighted by atomic mass is 35.5. The Morgan fingerprint density at radius 2 is 2.10 bits per heavy atom. The van der Waals surface area contributed by atoms with Crippen LogP contribution in [0.15, 0.2) is 36.5 Å². The van der Waals surface area contributed by atoms with E-state index in [0.29, 0.717) is 0 Å². The summed E-state index contributed by atoms with van der Waals surface area (Å²) in [6.07, 6.45) is 1.47. The van der Waals surface area contributed by atoms with E-state index < -0.39 is 11.6 Å². The smallest absolute Gasteiger partial charge is 0.257 e. The van der Waals surface area contributed by atoms with E-state index in [9.17, 15) is 13.6 Å². The van der Waals surface area contributed by atoms with Gasteiger partial charge < -0.3 is 4.90 Å². The molecule has 1 amide bonds. The predicted octanol–water partition coefficient (Wildman–Crippen LogP) is 3.29. The Kier molecular flexibility index (Phi) is 4.29. The molecular weight excluding hydrogens is 286 g/mol. The summed E-state index contributed by atoms with van der Waals surface area (Å²) in [6, 6.07) is 6.36. The number of hydrogen-bond acceptors (Lipinski definition) is 2. The number of halogens is 3. The van der Waals surface area contributed by atoms with Crippen LogP contribution < -0.4 is 0 Å². The lowest BCUT2D eigenvalue weighted by molar-refractivity contribution is 0.0783. The fourth-order valence-corrected chi connectivity index (χ4v) is 1.93. The van der Waals surface area contributed by atoms with E-state index >= 15 is 0 Å². The summed E-state index contributed by atoms with van der Waals surface area (Å²) in [5.74, 6) is -1.73. The third-order valence-electron chi connectivity index (χ3n) is 2.76. The molecule has 3 nitrogen and oxygen atoms in total. The van der Waals surface area contributed by atoms with Crippen molar-refractivity contribution >= 4 is 17.5 Å². The molecule has 104 valence electrons. The van der Waals surface area contributed by atoms with Crippen LogP contribution in [0.4, 0.5) is 8.78 Å². The normalized spacial score (nSPS) is 10.4.